The van der Waals surface area contributed by atoms with Crippen molar-refractivity contribution in [1.29, 1.82) is 5.26 Å². The van der Waals surface area contributed by atoms with Crippen molar-refractivity contribution in [3.05, 3.63) is 91.5 Å². The normalized spacial score (nSPS) is 10.7. The average molecular weight is 404 g/mol. The Kier molecular flexibility index (Phi) is 6.17. The van der Waals surface area contributed by atoms with E-state index in [1.54, 1.807) is 19.1 Å². The monoisotopic (exact) mass is 404 g/mol. The van der Waals surface area contributed by atoms with Crippen molar-refractivity contribution >= 4 is 5.78 Å². The van der Waals surface area contributed by atoms with Gasteiger partial charge in [-0.25, -0.2) is 4.79 Å². The molecular formula is C23H24N4O3. The highest BCUT2D eigenvalue weighted by molar-refractivity contribution is 5.97. The number of aromatic nitrogens is 3. The summed E-state index contributed by atoms with van der Waals surface area (Å²) in [6.45, 7) is 6.17. The maximum Gasteiger partial charge on any atom is 0.331 e. The van der Waals surface area contributed by atoms with Gasteiger partial charge >= 0.3 is 5.69 Å². The van der Waals surface area contributed by atoms with Crippen molar-refractivity contribution in [3.63, 3.8) is 0 Å². The Balaban J connectivity index is 1.90. The zero-order chi connectivity index (χ0) is 21.8. The molecule has 0 aliphatic heterocycles. The fraction of sp³-hybridized carbons (Fsp3) is 0.304. The van der Waals surface area contributed by atoms with E-state index in [4.69, 9.17) is 0 Å². The summed E-state index contributed by atoms with van der Waals surface area (Å²) in [5.41, 5.74) is 1.95. The fourth-order valence-electron chi connectivity index (χ4n) is 3.64. The van der Waals surface area contributed by atoms with Gasteiger partial charge in [0.25, 0.3) is 5.56 Å². The Morgan fingerprint density at radius 2 is 1.80 bits per heavy atom. The van der Waals surface area contributed by atoms with E-state index in [9.17, 15) is 19.6 Å². The molecule has 154 valence electrons. The number of nitrogens with zero attached hydrogens (tertiary/aromatic N) is 4. The number of carbonyl (C=O) groups is 1. The maximum absolute atomic E-state index is 13.0. The highest BCUT2D eigenvalue weighted by atomic mass is 16.2. The molecule has 7 nitrogen and oxygen atoms in total. The van der Waals surface area contributed by atoms with Gasteiger partial charge in [-0.15, -0.1) is 0 Å². The summed E-state index contributed by atoms with van der Waals surface area (Å²) in [5, 5.41) is 9.17. The standard InChI is InChI=1S/C23H24N4O3/c1-4-25-14-19(13-24)22(29)27(23(25)30)15-21(28)20-12-16(2)26(17(20)3)11-10-18-8-6-5-7-9-18/h5-9,12,14H,4,10-11,15H2,1-3H3. The number of benzene rings is 1. The number of aryl methyl sites for hydroxylation is 3. The maximum atomic E-state index is 13.0. The Morgan fingerprint density at radius 1 is 1.10 bits per heavy atom. The number of hydrogen-bond donors (Lipinski definition) is 0. The Morgan fingerprint density at radius 3 is 2.43 bits per heavy atom. The molecule has 0 atom stereocenters. The molecule has 0 amide bonds. The van der Waals surface area contributed by atoms with E-state index in [-0.39, 0.29) is 11.3 Å². The Labute approximate surface area is 174 Å². The largest absolute Gasteiger partial charge is 0.348 e. The third-order valence-corrected chi connectivity index (χ3v) is 5.34. The first-order chi connectivity index (χ1) is 14.4. The van der Waals surface area contributed by atoms with E-state index in [0.29, 0.717) is 12.1 Å². The second-order valence-corrected chi connectivity index (χ2v) is 7.21. The summed E-state index contributed by atoms with van der Waals surface area (Å²) in [7, 11) is 0. The SMILES string of the molecule is CCn1cc(C#N)c(=O)n(CC(=O)c2cc(C)n(CCc3ccccc3)c2C)c1=O. The molecule has 2 aromatic heterocycles. The molecule has 30 heavy (non-hydrogen) atoms. The van der Waals surface area contributed by atoms with Crippen LogP contribution in [0.25, 0.3) is 0 Å². The second-order valence-electron chi connectivity index (χ2n) is 7.21. The molecule has 7 heteroatoms. The minimum absolute atomic E-state index is 0.155. The van der Waals surface area contributed by atoms with Gasteiger partial charge in [0.15, 0.2) is 5.78 Å². The molecular weight excluding hydrogens is 380 g/mol. The molecule has 0 aliphatic rings. The number of rotatable bonds is 7. The van der Waals surface area contributed by atoms with Crippen molar-refractivity contribution in [2.24, 2.45) is 0 Å². The van der Waals surface area contributed by atoms with E-state index >= 15 is 0 Å². The van der Waals surface area contributed by atoms with Crippen LogP contribution in [-0.2, 0) is 26.1 Å². The quantitative estimate of drug-likeness (QED) is 0.566. The number of ketones is 1. The molecule has 3 rings (SSSR count). The molecule has 1 aromatic carbocycles. The number of carbonyl (C=O) groups excluding carboxylic acids is 1. The molecule has 0 aliphatic carbocycles. The van der Waals surface area contributed by atoms with Crippen LogP contribution in [0.1, 0.15) is 39.8 Å². The van der Waals surface area contributed by atoms with Crippen LogP contribution in [0, 0.1) is 25.2 Å². The second kappa shape index (κ2) is 8.78. The third kappa shape index (κ3) is 4.03. The topological polar surface area (TPSA) is 89.8 Å². The molecule has 3 aromatic rings. The highest BCUT2D eigenvalue weighted by Gasteiger charge is 2.19. The first-order valence-electron chi connectivity index (χ1n) is 9.85. The highest BCUT2D eigenvalue weighted by Crippen LogP contribution is 2.17. The van der Waals surface area contributed by atoms with Gasteiger partial charge in [-0.2, -0.15) is 5.26 Å². The van der Waals surface area contributed by atoms with Crippen molar-refractivity contribution in [3.8, 4) is 6.07 Å². The molecule has 0 spiro atoms. The molecule has 2 heterocycles. The Bertz CT molecular complexity index is 1240. The van der Waals surface area contributed by atoms with Gasteiger partial charge in [0, 0.05) is 36.2 Å². The summed E-state index contributed by atoms with van der Waals surface area (Å²) in [6.07, 6.45) is 2.07. The molecule has 0 bridgehead atoms. The van der Waals surface area contributed by atoms with Gasteiger partial charge in [-0.3, -0.25) is 18.7 Å². The molecule has 0 radical (unpaired) electrons. The van der Waals surface area contributed by atoms with Crippen molar-refractivity contribution < 1.29 is 4.79 Å². The summed E-state index contributed by atoms with van der Waals surface area (Å²) in [4.78, 5) is 37.9. The lowest BCUT2D eigenvalue weighted by Crippen LogP contribution is -2.42. The lowest BCUT2D eigenvalue weighted by molar-refractivity contribution is 0.0967. The summed E-state index contributed by atoms with van der Waals surface area (Å²) < 4.78 is 4.18. The van der Waals surface area contributed by atoms with E-state index in [1.165, 1.54) is 16.3 Å². The van der Waals surface area contributed by atoms with E-state index in [2.05, 4.69) is 16.7 Å². The van der Waals surface area contributed by atoms with Gasteiger partial charge in [0.05, 0.1) is 6.54 Å². The average Bonchev–Trinajstić information content (AvgIpc) is 3.04. The first kappa shape index (κ1) is 21.1. The lowest BCUT2D eigenvalue weighted by Gasteiger charge is -2.11. The molecule has 0 N–H and O–H groups in total. The number of nitriles is 1. The van der Waals surface area contributed by atoms with Crippen LogP contribution >= 0.6 is 0 Å². The fourth-order valence-corrected chi connectivity index (χ4v) is 3.64. The summed E-state index contributed by atoms with van der Waals surface area (Å²) in [6, 6.07) is 13.7. The summed E-state index contributed by atoms with van der Waals surface area (Å²) in [5.74, 6) is -0.328. The van der Waals surface area contributed by atoms with Crippen LogP contribution in [0.4, 0.5) is 0 Å². The van der Waals surface area contributed by atoms with Crippen LogP contribution in [-0.4, -0.2) is 19.5 Å². The first-order valence-corrected chi connectivity index (χ1v) is 9.85. The minimum atomic E-state index is -0.738. The van der Waals surface area contributed by atoms with Gasteiger partial charge in [0.2, 0.25) is 0 Å². The molecule has 0 saturated heterocycles. The smallest absolute Gasteiger partial charge is 0.331 e. The minimum Gasteiger partial charge on any atom is -0.348 e. The zero-order valence-electron chi connectivity index (χ0n) is 17.4. The number of hydrogen-bond acceptors (Lipinski definition) is 4. The van der Waals surface area contributed by atoms with Crippen LogP contribution < -0.4 is 11.2 Å². The van der Waals surface area contributed by atoms with E-state index < -0.39 is 17.8 Å². The van der Waals surface area contributed by atoms with Crippen molar-refractivity contribution in [2.75, 3.05) is 0 Å². The predicted molar refractivity (Wildman–Crippen MR) is 114 cm³/mol. The molecule has 0 fully saturated rings. The van der Waals surface area contributed by atoms with Gasteiger partial charge in [-0.05, 0) is 38.8 Å². The van der Waals surface area contributed by atoms with Gasteiger partial charge < -0.3 is 4.57 Å². The van der Waals surface area contributed by atoms with Crippen LogP contribution in [0.5, 0.6) is 0 Å². The van der Waals surface area contributed by atoms with Crippen LogP contribution in [0.2, 0.25) is 0 Å². The van der Waals surface area contributed by atoms with Crippen LogP contribution in [0.3, 0.4) is 0 Å². The van der Waals surface area contributed by atoms with Crippen molar-refractivity contribution in [2.45, 2.75) is 46.8 Å². The Hall–Kier alpha value is -3.66. The molecule has 0 saturated carbocycles. The number of Topliss-reactive ketones (excluding diaryl/α,β-unsaturated/α-hetero) is 1. The van der Waals surface area contributed by atoms with E-state index in [0.717, 1.165) is 28.9 Å². The van der Waals surface area contributed by atoms with E-state index in [1.807, 2.05) is 32.0 Å². The predicted octanol–water partition coefficient (Wildman–Crippen LogP) is 2.45. The van der Waals surface area contributed by atoms with Gasteiger partial charge in [-0.1, -0.05) is 30.3 Å². The third-order valence-electron chi connectivity index (χ3n) is 5.34. The van der Waals surface area contributed by atoms with Gasteiger partial charge in [0.1, 0.15) is 11.6 Å². The molecule has 0 unspecified atom stereocenters. The summed E-state index contributed by atoms with van der Waals surface area (Å²) >= 11 is 0. The lowest BCUT2D eigenvalue weighted by atomic mass is 10.1. The van der Waals surface area contributed by atoms with Crippen LogP contribution in [0.15, 0.2) is 52.2 Å². The zero-order valence-corrected chi connectivity index (χ0v) is 17.4. The van der Waals surface area contributed by atoms with Crippen molar-refractivity contribution in [1.82, 2.24) is 13.7 Å².